The molecule has 0 radical (unpaired) electrons. The minimum Gasteiger partial charge on any atom is -0.508 e. The van der Waals surface area contributed by atoms with Gasteiger partial charge in [0.25, 0.3) is 0 Å². The van der Waals surface area contributed by atoms with Crippen LogP contribution in [0.15, 0.2) is 54.6 Å². The first kappa shape index (κ1) is 14.9. The van der Waals surface area contributed by atoms with E-state index in [1.807, 2.05) is 24.3 Å². The van der Waals surface area contributed by atoms with Gasteiger partial charge >= 0.3 is 0 Å². The summed E-state index contributed by atoms with van der Waals surface area (Å²) in [6, 6.07) is 13.9. The van der Waals surface area contributed by atoms with Gasteiger partial charge in [0.2, 0.25) is 0 Å². The molecule has 0 aromatic heterocycles. The minimum absolute atomic E-state index is 0.0895. The predicted molar refractivity (Wildman–Crippen MR) is 83.7 cm³/mol. The third kappa shape index (κ3) is 4.49. The lowest BCUT2D eigenvalue weighted by atomic mass is 10.1. The zero-order valence-corrected chi connectivity index (χ0v) is 12.0. The Balaban J connectivity index is 2.02. The average Bonchev–Trinajstić information content (AvgIpc) is 2.51. The number of carbonyl (C=O) groups is 1. The molecular formula is C18H18O3. The molecule has 0 spiro atoms. The average molecular weight is 282 g/mol. The van der Waals surface area contributed by atoms with Crippen LogP contribution in [-0.4, -0.2) is 17.5 Å². The van der Waals surface area contributed by atoms with Crippen LogP contribution in [0.5, 0.6) is 11.5 Å². The molecule has 21 heavy (non-hydrogen) atoms. The first-order valence-corrected chi connectivity index (χ1v) is 6.93. The molecule has 108 valence electrons. The van der Waals surface area contributed by atoms with Crippen LogP contribution in [-0.2, 0) is 0 Å². The molecule has 0 aliphatic carbocycles. The van der Waals surface area contributed by atoms with E-state index in [4.69, 9.17) is 4.74 Å². The van der Waals surface area contributed by atoms with Crippen LogP contribution in [0.3, 0.4) is 0 Å². The van der Waals surface area contributed by atoms with Crippen LogP contribution in [0.4, 0.5) is 0 Å². The second kappa shape index (κ2) is 7.29. The zero-order valence-electron chi connectivity index (χ0n) is 12.0. The van der Waals surface area contributed by atoms with E-state index in [1.54, 1.807) is 18.2 Å². The number of benzene rings is 2. The molecule has 0 unspecified atom stereocenters. The highest BCUT2D eigenvalue weighted by atomic mass is 16.5. The Morgan fingerprint density at radius 2 is 1.95 bits per heavy atom. The summed E-state index contributed by atoms with van der Waals surface area (Å²) in [6.07, 6.45) is 4.22. The van der Waals surface area contributed by atoms with Crippen LogP contribution >= 0.6 is 0 Å². The highest BCUT2D eigenvalue weighted by molar-refractivity contribution is 6.07. The molecule has 0 bridgehead atoms. The van der Waals surface area contributed by atoms with Crippen molar-refractivity contribution in [3.05, 3.63) is 65.7 Å². The second-order valence-corrected chi connectivity index (χ2v) is 4.67. The summed E-state index contributed by atoms with van der Waals surface area (Å²) in [5, 5.41) is 9.36. The highest BCUT2D eigenvalue weighted by Crippen LogP contribution is 2.15. The van der Waals surface area contributed by atoms with Crippen molar-refractivity contribution in [2.24, 2.45) is 0 Å². The van der Waals surface area contributed by atoms with E-state index in [1.165, 1.54) is 18.2 Å². The maximum Gasteiger partial charge on any atom is 0.185 e. The number of hydrogen-bond acceptors (Lipinski definition) is 3. The SMILES string of the molecule is CCCOc1ccc(/C=C/C(=O)c2cccc(O)c2)cc1. The number of phenols is 1. The summed E-state index contributed by atoms with van der Waals surface area (Å²) in [5.74, 6) is 0.775. The summed E-state index contributed by atoms with van der Waals surface area (Å²) in [5.41, 5.74) is 1.39. The Morgan fingerprint density at radius 3 is 2.62 bits per heavy atom. The molecule has 2 aromatic carbocycles. The van der Waals surface area contributed by atoms with E-state index in [-0.39, 0.29) is 11.5 Å². The summed E-state index contributed by atoms with van der Waals surface area (Å²) >= 11 is 0. The molecule has 0 aliphatic heterocycles. The largest absolute Gasteiger partial charge is 0.508 e. The molecule has 0 aliphatic rings. The molecule has 1 N–H and O–H groups in total. The van der Waals surface area contributed by atoms with Crippen molar-refractivity contribution < 1.29 is 14.6 Å². The van der Waals surface area contributed by atoms with Crippen molar-refractivity contribution in [2.75, 3.05) is 6.61 Å². The van der Waals surface area contributed by atoms with Gasteiger partial charge in [0.15, 0.2) is 5.78 Å². The van der Waals surface area contributed by atoms with Gasteiger partial charge in [-0.15, -0.1) is 0 Å². The van der Waals surface area contributed by atoms with Gasteiger partial charge in [-0.2, -0.15) is 0 Å². The Kier molecular flexibility index (Phi) is 5.16. The lowest BCUT2D eigenvalue weighted by Crippen LogP contribution is -1.94. The van der Waals surface area contributed by atoms with Gasteiger partial charge < -0.3 is 9.84 Å². The molecule has 2 aromatic rings. The normalized spacial score (nSPS) is 10.7. The maximum atomic E-state index is 12.0. The van der Waals surface area contributed by atoms with Crippen LogP contribution < -0.4 is 4.74 Å². The van der Waals surface area contributed by atoms with Crippen molar-refractivity contribution in [3.8, 4) is 11.5 Å². The van der Waals surface area contributed by atoms with E-state index in [9.17, 15) is 9.90 Å². The summed E-state index contributed by atoms with van der Waals surface area (Å²) in [6.45, 7) is 2.76. The van der Waals surface area contributed by atoms with E-state index in [0.29, 0.717) is 12.2 Å². The quantitative estimate of drug-likeness (QED) is 0.641. The van der Waals surface area contributed by atoms with Crippen LogP contribution in [0.1, 0.15) is 29.3 Å². The third-order valence-electron chi connectivity index (χ3n) is 2.91. The standard InChI is InChI=1S/C18H18O3/c1-2-12-21-17-9-6-14(7-10-17)8-11-18(20)15-4-3-5-16(19)13-15/h3-11,13,19H,2,12H2,1H3/b11-8+. The van der Waals surface area contributed by atoms with Crippen molar-refractivity contribution in [1.29, 1.82) is 0 Å². The lowest BCUT2D eigenvalue weighted by molar-refractivity contribution is 0.104. The van der Waals surface area contributed by atoms with Crippen LogP contribution in [0, 0.1) is 0 Å². The fourth-order valence-corrected chi connectivity index (χ4v) is 1.82. The number of ketones is 1. The molecule has 0 atom stereocenters. The molecule has 2 rings (SSSR count). The highest BCUT2D eigenvalue weighted by Gasteiger charge is 2.02. The number of allylic oxidation sites excluding steroid dienone is 1. The van der Waals surface area contributed by atoms with Gasteiger partial charge in [-0.05, 0) is 42.3 Å². The van der Waals surface area contributed by atoms with E-state index in [0.717, 1.165) is 17.7 Å². The summed E-state index contributed by atoms with van der Waals surface area (Å²) < 4.78 is 5.50. The van der Waals surface area contributed by atoms with E-state index in [2.05, 4.69) is 6.92 Å². The first-order valence-electron chi connectivity index (χ1n) is 6.93. The number of ether oxygens (including phenoxy) is 1. The maximum absolute atomic E-state index is 12.0. The van der Waals surface area contributed by atoms with E-state index < -0.39 is 0 Å². The second-order valence-electron chi connectivity index (χ2n) is 4.67. The topological polar surface area (TPSA) is 46.5 Å². The third-order valence-corrected chi connectivity index (χ3v) is 2.91. The monoisotopic (exact) mass is 282 g/mol. The van der Waals surface area contributed by atoms with Gasteiger partial charge in [0, 0.05) is 5.56 Å². The lowest BCUT2D eigenvalue weighted by Gasteiger charge is -2.04. The van der Waals surface area contributed by atoms with Gasteiger partial charge in [-0.1, -0.05) is 37.3 Å². The molecule has 0 amide bonds. The van der Waals surface area contributed by atoms with Crippen molar-refractivity contribution in [2.45, 2.75) is 13.3 Å². The summed E-state index contributed by atoms with van der Waals surface area (Å²) in [4.78, 5) is 12.0. The van der Waals surface area contributed by atoms with E-state index >= 15 is 0 Å². The summed E-state index contributed by atoms with van der Waals surface area (Å²) in [7, 11) is 0. The molecular weight excluding hydrogens is 264 g/mol. The van der Waals surface area contributed by atoms with Crippen LogP contribution in [0.2, 0.25) is 0 Å². The van der Waals surface area contributed by atoms with Gasteiger partial charge in [-0.25, -0.2) is 0 Å². The molecule has 3 nitrogen and oxygen atoms in total. The number of rotatable bonds is 6. The van der Waals surface area contributed by atoms with Crippen molar-refractivity contribution >= 4 is 11.9 Å². The Morgan fingerprint density at radius 1 is 1.19 bits per heavy atom. The van der Waals surface area contributed by atoms with Gasteiger partial charge in [-0.3, -0.25) is 4.79 Å². The molecule has 3 heteroatoms. The van der Waals surface area contributed by atoms with Crippen molar-refractivity contribution in [3.63, 3.8) is 0 Å². The Hall–Kier alpha value is -2.55. The number of carbonyl (C=O) groups excluding carboxylic acids is 1. The van der Waals surface area contributed by atoms with Gasteiger partial charge in [0.1, 0.15) is 11.5 Å². The smallest absolute Gasteiger partial charge is 0.185 e. The zero-order chi connectivity index (χ0) is 15.1. The minimum atomic E-state index is -0.141. The molecule has 0 saturated carbocycles. The van der Waals surface area contributed by atoms with Crippen LogP contribution in [0.25, 0.3) is 6.08 Å². The number of phenolic OH excluding ortho intramolecular Hbond substituents is 1. The fourth-order valence-electron chi connectivity index (χ4n) is 1.82. The number of aromatic hydroxyl groups is 1. The number of hydrogen-bond donors (Lipinski definition) is 1. The molecule has 0 fully saturated rings. The predicted octanol–water partition coefficient (Wildman–Crippen LogP) is 4.08. The Bertz CT molecular complexity index is 627. The first-order chi connectivity index (χ1) is 10.2. The molecule has 0 saturated heterocycles. The van der Waals surface area contributed by atoms with Gasteiger partial charge in [0.05, 0.1) is 6.61 Å². The Labute approximate surface area is 124 Å². The fraction of sp³-hybridized carbons (Fsp3) is 0.167. The molecule has 0 heterocycles. The van der Waals surface area contributed by atoms with Crippen molar-refractivity contribution in [1.82, 2.24) is 0 Å².